The zero-order chi connectivity index (χ0) is 21.8. The SMILES string of the molecule is COc1ccc2cc(C(=O)Nc3ccccc3)c(=Nc3ccc(C(=O)O)cc3)oc2c1. The molecule has 7 heteroatoms. The number of nitrogens with one attached hydrogen (secondary N) is 1. The molecule has 7 nitrogen and oxygen atoms in total. The molecule has 0 fully saturated rings. The third-order valence-corrected chi connectivity index (χ3v) is 4.58. The lowest BCUT2D eigenvalue weighted by atomic mass is 10.1. The molecule has 2 N–H and O–H groups in total. The Bertz CT molecular complexity index is 1330. The van der Waals surface area contributed by atoms with Crippen molar-refractivity contribution in [3.8, 4) is 5.75 Å². The van der Waals surface area contributed by atoms with Crippen LogP contribution in [0.3, 0.4) is 0 Å². The number of carboxylic acid groups (broad SMARTS) is 1. The molecule has 31 heavy (non-hydrogen) atoms. The van der Waals surface area contributed by atoms with Gasteiger partial charge in [-0.2, -0.15) is 0 Å². The lowest BCUT2D eigenvalue weighted by Gasteiger charge is -2.08. The van der Waals surface area contributed by atoms with E-state index in [0.29, 0.717) is 28.1 Å². The van der Waals surface area contributed by atoms with E-state index in [1.165, 1.54) is 12.1 Å². The van der Waals surface area contributed by atoms with E-state index in [1.807, 2.05) is 18.2 Å². The van der Waals surface area contributed by atoms with Crippen molar-refractivity contribution in [2.75, 3.05) is 12.4 Å². The Kier molecular flexibility index (Phi) is 5.49. The Hall–Kier alpha value is -4.39. The number of hydrogen-bond acceptors (Lipinski definition) is 5. The van der Waals surface area contributed by atoms with Crippen LogP contribution in [0.4, 0.5) is 11.4 Å². The van der Waals surface area contributed by atoms with E-state index < -0.39 is 5.97 Å². The van der Waals surface area contributed by atoms with Crippen molar-refractivity contribution < 1.29 is 23.8 Å². The van der Waals surface area contributed by atoms with E-state index in [0.717, 1.165) is 0 Å². The third-order valence-electron chi connectivity index (χ3n) is 4.58. The molecule has 0 atom stereocenters. The number of carbonyl (C=O) groups is 2. The predicted octanol–water partition coefficient (Wildman–Crippen LogP) is 4.62. The number of ether oxygens (including phenoxy) is 1. The van der Waals surface area contributed by atoms with Gasteiger partial charge in [0, 0.05) is 17.1 Å². The molecule has 0 spiro atoms. The first-order chi connectivity index (χ1) is 15.0. The van der Waals surface area contributed by atoms with Crippen LogP contribution in [-0.2, 0) is 0 Å². The van der Waals surface area contributed by atoms with Crippen LogP contribution in [0.25, 0.3) is 11.0 Å². The molecule has 154 valence electrons. The highest BCUT2D eigenvalue weighted by Gasteiger charge is 2.14. The number of anilines is 1. The van der Waals surface area contributed by atoms with E-state index in [9.17, 15) is 9.59 Å². The number of para-hydroxylation sites is 1. The van der Waals surface area contributed by atoms with Crippen molar-refractivity contribution >= 4 is 34.2 Å². The summed E-state index contributed by atoms with van der Waals surface area (Å²) in [6.45, 7) is 0. The van der Waals surface area contributed by atoms with Gasteiger partial charge in [0.25, 0.3) is 5.91 Å². The molecule has 0 bridgehead atoms. The van der Waals surface area contributed by atoms with Crippen LogP contribution in [0.1, 0.15) is 20.7 Å². The highest BCUT2D eigenvalue weighted by molar-refractivity contribution is 6.05. The smallest absolute Gasteiger partial charge is 0.335 e. The number of aromatic carboxylic acids is 1. The van der Waals surface area contributed by atoms with Crippen LogP contribution in [0.2, 0.25) is 0 Å². The Labute approximate surface area is 177 Å². The number of hydrogen-bond donors (Lipinski definition) is 2. The number of carbonyl (C=O) groups excluding carboxylic acids is 1. The van der Waals surface area contributed by atoms with Crippen molar-refractivity contribution in [1.29, 1.82) is 0 Å². The standard InChI is InChI=1S/C24H18N2O5/c1-30-19-12-9-16-13-20(22(27)25-17-5-3-2-4-6-17)23(31-21(16)14-19)26-18-10-7-15(8-11-18)24(28)29/h2-14H,1H3,(H,25,27)(H,28,29). The number of benzene rings is 3. The van der Waals surface area contributed by atoms with Crippen LogP contribution in [-0.4, -0.2) is 24.1 Å². The lowest BCUT2D eigenvalue weighted by molar-refractivity contribution is 0.0696. The lowest BCUT2D eigenvalue weighted by Crippen LogP contribution is -2.21. The maximum absolute atomic E-state index is 13.0. The van der Waals surface area contributed by atoms with Crippen molar-refractivity contribution in [2.24, 2.45) is 4.99 Å². The van der Waals surface area contributed by atoms with Gasteiger partial charge in [0.15, 0.2) is 0 Å². The average Bonchev–Trinajstić information content (AvgIpc) is 2.79. The Morgan fingerprint density at radius 3 is 2.39 bits per heavy atom. The first-order valence-corrected chi connectivity index (χ1v) is 9.40. The Balaban J connectivity index is 1.84. The van der Waals surface area contributed by atoms with Gasteiger partial charge in [-0.05, 0) is 54.6 Å². The minimum Gasteiger partial charge on any atom is -0.497 e. The summed E-state index contributed by atoms with van der Waals surface area (Å²) < 4.78 is 11.2. The van der Waals surface area contributed by atoms with Crippen LogP contribution in [0, 0.1) is 0 Å². The van der Waals surface area contributed by atoms with Crippen LogP contribution >= 0.6 is 0 Å². The number of nitrogens with zero attached hydrogens (tertiary/aromatic N) is 1. The predicted molar refractivity (Wildman–Crippen MR) is 116 cm³/mol. The summed E-state index contributed by atoms with van der Waals surface area (Å²) in [7, 11) is 1.55. The van der Waals surface area contributed by atoms with Crippen molar-refractivity contribution in [2.45, 2.75) is 0 Å². The highest BCUT2D eigenvalue weighted by Crippen LogP contribution is 2.21. The highest BCUT2D eigenvalue weighted by atomic mass is 16.5. The molecular formula is C24H18N2O5. The second kappa shape index (κ2) is 8.54. The zero-order valence-electron chi connectivity index (χ0n) is 16.5. The van der Waals surface area contributed by atoms with Crippen molar-refractivity contribution in [3.63, 3.8) is 0 Å². The van der Waals surface area contributed by atoms with Gasteiger partial charge < -0.3 is 19.6 Å². The van der Waals surface area contributed by atoms with E-state index >= 15 is 0 Å². The number of carboxylic acids is 1. The van der Waals surface area contributed by atoms with Gasteiger partial charge in [0.1, 0.15) is 16.9 Å². The maximum atomic E-state index is 13.0. The summed E-state index contributed by atoms with van der Waals surface area (Å²) in [5, 5.41) is 12.6. The summed E-state index contributed by atoms with van der Waals surface area (Å²) in [6, 6.07) is 22.0. The normalized spacial score (nSPS) is 11.3. The molecule has 1 heterocycles. The molecule has 1 aromatic heterocycles. The van der Waals surface area contributed by atoms with E-state index in [-0.39, 0.29) is 22.6 Å². The molecule has 0 unspecified atom stereocenters. The number of rotatable bonds is 5. The van der Waals surface area contributed by atoms with E-state index in [1.54, 1.807) is 55.6 Å². The van der Waals surface area contributed by atoms with Gasteiger partial charge in [0.2, 0.25) is 5.55 Å². The quantitative estimate of drug-likeness (QED) is 0.496. The molecule has 0 aliphatic heterocycles. The van der Waals surface area contributed by atoms with E-state index in [2.05, 4.69) is 10.3 Å². The van der Waals surface area contributed by atoms with Crippen molar-refractivity contribution in [3.05, 3.63) is 95.5 Å². The average molecular weight is 414 g/mol. The Morgan fingerprint density at radius 1 is 0.968 bits per heavy atom. The molecule has 3 aromatic carbocycles. The minimum atomic E-state index is -1.03. The fraction of sp³-hybridized carbons (Fsp3) is 0.0417. The van der Waals surface area contributed by atoms with Crippen LogP contribution in [0.5, 0.6) is 5.75 Å². The summed E-state index contributed by atoms with van der Waals surface area (Å²) in [4.78, 5) is 28.5. The van der Waals surface area contributed by atoms with Crippen molar-refractivity contribution in [1.82, 2.24) is 0 Å². The molecule has 0 radical (unpaired) electrons. The van der Waals surface area contributed by atoms with Gasteiger partial charge in [-0.3, -0.25) is 4.79 Å². The first kappa shape index (κ1) is 19.9. The minimum absolute atomic E-state index is 0.0947. The fourth-order valence-corrected chi connectivity index (χ4v) is 2.99. The van der Waals surface area contributed by atoms with Gasteiger partial charge in [-0.1, -0.05) is 18.2 Å². The maximum Gasteiger partial charge on any atom is 0.335 e. The van der Waals surface area contributed by atoms with E-state index in [4.69, 9.17) is 14.3 Å². The monoisotopic (exact) mass is 414 g/mol. The molecular weight excluding hydrogens is 396 g/mol. The molecule has 1 amide bonds. The first-order valence-electron chi connectivity index (χ1n) is 9.40. The number of fused-ring (bicyclic) bond motifs is 1. The third kappa shape index (κ3) is 4.45. The van der Waals surface area contributed by atoms with Gasteiger partial charge in [0.05, 0.1) is 18.4 Å². The fourth-order valence-electron chi connectivity index (χ4n) is 2.99. The molecule has 0 aliphatic rings. The molecule has 0 saturated carbocycles. The molecule has 4 aromatic rings. The summed E-state index contributed by atoms with van der Waals surface area (Å²) in [6.07, 6.45) is 0. The Morgan fingerprint density at radius 2 is 1.71 bits per heavy atom. The van der Waals surface area contributed by atoms with Crippen LogP contribution in [0.15, 0.2) is 88.3 Å². The largest absolute Gasteiger partial charge is 0.497 e. The topological polar surface area (TPSA) is 101 Å². The van der Waals surface area contributed by atoms with Gasteiger partial charge in [-0.15, -0.1) is 0 Å². The summed E-state index contributed by atoms with van der Waals surface area (Å²) in [5.41, 5.74) is 2.06. The molecule has 4 rings (SSSR count). The number of amides is 1. The summed E-state index contributed by atoms with van der Waals surface area (Å²) >= 11 is 0. The van der Waals surface area contributed by atoms with Gasteiger partial charge >= 0.3 is 5.97 Å². The second-order valence-corrected chi connectivity index (χ2v) is 6.65. The van der Waals surface area contributed by atoms with Gasteiger partial charge in [-0.25, -0.2) is 9.79 Å². The summed E-state index contributed by atoms with van der Waals surface area (Å²) in [5.74, 6) is -0.806. The molecule has 0 saturated heterocycles. The number of methoxy groups -OCH3 is 1. The second-order valence-electron chi connectivity index (χ2n) is 6.65. The van der Waals surface area contributed by atoms with Crippen LogP contribution < -0.4 is 15.6 Å². The molecule has 0 aliphatic carbocycles. The zero-order valence-corrected chi connectivity index (χ0v) is 16.5.